The van der Waals surface area contributed by atoms with Gasteiger partial charge in [0.05, 0.1) is 6.61 Å². The first-order valence-electron chi connectivity index (χ1n) is 6.77. The Morgan fingerprint density at radius 3 is 2.36 bits per heavy atom. The molecule has 0 saturated carbocycles. The van der Waals surface area contributed by atoms with Crippen molar-refractivity contribution in [1.82, 2.24) is 0 Å². The van der Waals surface area contributed by atoms with Crippen LogP contribution in [0.25, 0.3) is 0 Å². The van der Waals surface area contributed by atoms with E-state index in [1.165, 1.54) is 12.1 Å². The minimum absolute atomic E-state index is 0.0816. The Bertz CT molecular complexity index is 785. The van der Waals surface area contributed by atoms with Crippen molar-refractivity contribution in [3.05, 3.63) is 52.5 Å². The molecule has 0 saturated heterocycles. The van der Waals surface area contributed by atoms with Crippen LogP contribution in [0.4, 0.5) is 0 Å². The second-order valence-electron chi connectivity index (χ2n) is 4.83. The number of rotatable bonds is 5. The van der Waals surface area contributed by atoms with Crippen LogP contribution in [-0.2, 0) is 10.1 Å². The molecule has 22 heavy (non-hydrogen) atoms. The van der Waals surface area contributed by atoms with E-state index in [0.29, 0.717) is 11.6 Å². The molecule has 0 unspecified atom stereocenters. The van der Waals surface area contributed by atoms with Crippen molar-refractivity contribution in [3.63, 3.8) is 0 Å². The fourth-order valence-electron chi connectivity index (χ4n) is 2.01. The van der Waals surface area contributed by atoms with Gasteiger partial charge in [0.15, 0.2) is 0 Å². The standard InChI is InChI=1S/C16H17ClO4S/c1-4-20-15-8-6-13(17)10-16(15)22(18,19)21-14-7-5-11(2)9-12(14)3/h5-10H,4H2,1-3H3. The van der Waals surface area contributed by atoms with Crippen LogP contribution in [0.2, 0.25) is 5.02 Å². The molecule has 0 amide bonds. The molecule has 0 aliphatic carbocycles. The van der Waals surface area contributed by atoms with Crippen molar-refractivity contribution >= 4 is 21.7 Å². The van der Waals surface area contributed by atoms with Crippen LogP contribution in [0.3, 0.4) is 0 Å². The highest BCUT2D eigenvalue weighted by molar-refractivity contribution is 7.87. The highest BCUT2D eigenvalue weighted by Crippen LogP contribution is 2.31. The summed E-state index contributed by atoms with van der Waals surface area (Å²) in [5.41, 5.74) is 1.77. The molecule has 0 aliphatic rings. The van der Waals surface area contributed by atoms with Crippen molar-refractivity contribution < 1.29 is 17.3 Å². The van der Waals surface area contributed by atoms with Gasteiger partial charge in [0.25, 0.3) is 0 Å². The molecule has 0 spiro atoms. The molecular weight excluding hydrogens is 324 g/mol. The van der Waals surface area contributed by atoms with Gasteiger partial charge in [0.1, 0.15) is 16.4 Å². The molecule has 2 aromatic rings. The third kappa shape index (κ3) is 3.72. The van der Waals surface area contributed by atoms with E-state index in [9.17, 15) is 8.42 Å². The van der Waals surface area contributed by atoms with E-state index in [4.69, 9.17) is 20.5 Å². The lowest BCUT2D eigenvalue weighted by Crippen LogP contribution is -2.12. The Labute approximate surface area is 135 Å². The molecule has 0 aromatic heterocycles. The minimum Gasteiger partial charge on any atom is -0.492 e. The number of benzene rings is 2. The molecule has 0 atom stereocenters. The van der Waals surface area contributed by atoms with Gasteiger partial charge in [-0.3, -0.25) is 0 Å². The molecule has 118 valence electrons. The predicted octanol–water partition coefficient (Wildman–Crippen LogP) is 4.12. The first kappa shape index (κ1) is 16.6. The van der Waals surface area contributed by atoms with Gasteiger partial charge in [-0.15, -0.1) is 0 Å². The van der Waals surface area contributed by atoms with E-state index >= 15 is 0 Å². The summed E-state index contributed by atoms with van der Waals surface area (Å²) in [6.07, 6.45) is 0. The molecule has 6 heteroatoms. The van der Waals surface area contributed by atoms with E-state index in [2.05, 4.69) is 0 Å². The van der Waals surface area contributed by atoms with Crippen LogP contribution in [0, 0.1) is 13.8 Å². The topological polar surface area (TPSA) is 52.6 Å². The first-order chi connectivity index (χ1) is 10.3. The van der Waals surface area contributed by atoms with Crippen LogP contribution >= 0.6 is 11.6 Å². The first-order valence-corrected chi connectivity index (χ1v) is 8.56. The average Bonchev–Trinajstić information content (AvgIpc) is 2.44. The number of halogens is 1. The second kappa shape index (κ2) is 6.58. The smallest absolute Gasteiger partial charge is 0.342 e. The lowest BCUT2D eigenvalue weighted by molar-refractivity contribution is 0.329. The van der Waals surface area contributed by atoms with Gasteiger partial charge >= 0.3 is 10.1 Å². The summed E-state index contributed by atoms with van der Waals surface area (Å²) in [4.78, 5) is -0.0816. The van der Waals surface area contributed by atoms with E-state index in [1.807, 2.05) is 13.0 Å². The van der Waals surface area contributed by atoms with Crippen LogP contribution in [-0.4, -0.2) is 15.0 Å². The summed E-state index contributed by atoms with van der Waals surface area (Å²) in [7, 11) is -4.03. The van der Waals surface area contributed by atoms with Gasteiger partial charge in [-0.05, 0) is 50.6 Å². The van der Waals surface area contributed by atoms with Gasteiger partial charge < -0.3 is 8.92 Å². The van der Waals surface area contributed by atoms with Crippen molar-refractivity contribution in [2.45, 2.75) is 25.7 Å². The summed E-state index contributed by atoms with van der Waals surface area (Å²) in [6.45, 7) is 5.83. The zero-order chi connectivity index (χ0) is 16.3. The van der Waals surface area contributed by atoms with Gasteiger partial charge in [-0.25, -0.2) is 0 Å². The van der Waals surface area contributed by atoms with Crippen LogP contribution in [0.1, 0.15) is 18.1 Å². The highest BCUT2D eigenvalue weighted by Gasteiger charge is 2.23. The zero-order valence-electron chi connectivity index (χ0n) is 12.6. The zero-order valence-corrected chi connectivity index (χ0v) is 14.2. The Kier molecular flexibility index (Phi) is 4.98. The van der Waals surface area contributed by atoms with Crippen LogP contribution < -0.4 is 8.92 Å². The molecule has 0 radical (unpaired) electrons. The Morgan fingerprint density at radius 1 is 1.05 bits per heavy atom. The fraction of sp³-hybridized carbons (Fsp3) is 0.250. The lowest BCUT2D eigenvalue weighted by Gasteiger charge is -2.13. The number of ether oxygens (including phenoxy) is 1. The summed E-state index contributed by atoms with van der Waals surface area (Å²) in [5.74, 6) is 0.504. The minimum atomic E-state index is -4.03. The van der Waals surface area contributed by atoms with E-state index in [0.717, 1.165) is 11.1 Å². The SMILES string of the molecule is CCOc1ccc(Cl)cc1S(=O)(=O)Oc1ccc(C)cc1C. The van der Waals surface area contributed by atoms with Crippen molar-refractivity contribution in [3.8, 4) is 11.5 Å². The van der Waals surface area contributed by atoms with Gasteiger partial charge in [-0.2, -0.15) is 8.42 Å². The fourth-order valence-corrected chi connectivity index (χ4v) is 3.40. The van der Waals surface area contributed by atoms with E-state index < -0.39 is 10.1 Å². The van der Waals surface area contributed by atoms with E-state index in [-0.39, 0.29) is 16.4 Å². The highest BCUT2D eigenvalue weighted by atomic mass is 35.5. The molecule has 2 aromatic carbocycles. The van der Waals surface area contributed by atoms with Crippen LogP contribution in [0.15, 0.2) is 41.3 Å². The third-order valence-electron chi connectivity index (χ3n) is 3.00. The Hall–Kier alpha value is -1.72. The lowest BCUT2D eigenvalue weighted by atomic mass is 10.1. The summed E-state index contributed by atoms with van der Waals surface area (Å²) >= 11 is 5.90. The molecular formula is C16H17ClO4S. The maximum Gasteiger partial charge on any atom is 0.342 e. The second-order valence-corrected chi connectivity index (χ2v) is 6.78. The Morgan fingerprint density at radius 2 is 1.73 bits per heavy atom. The monoisotopic (exact) mass is 340 g/mol. The molecule has 0 fully saturated rings. The predicted molar refractivity (Wildman–Crippen MR) is 86.4 cm³/mol. The number of hydrogen-bond donors (Lipinski definition) is 0. The van der Waals surface area contributed by atoms with Gasteiger partial charge in [0, 0.05) is 5.02 Å². The quantitative estimate of drug-likeness (QED) is 0.768. The van der Waals surface area contributed by atoms with Crippen LogP contribution in [0.5, 0.6) is 11.5 Å². The molecule has 0 N–H and O–H groups in total. The Balaban J connectivity index is 2.44. The van der Waals surface area contributed by atoms with Crippen molar-refractivity contribution in [2.75, 3.05) is 6.61 Å². The summed E-state index contributed by atoms with van der Waals surface area (Å²) in [6, 6.07) is 9.69. The van der Waals surface area contributed by atoms with E-state index in [1.54, 1.807) is 32.0 Å². The van der Waals surface area contributed by atoms with Gasteiger partial charge in [0.2, 0.25) is 0 Å². The molecule has 0 heterocycles. The molecule has 0 aliphatic heterocycles. The van der Waals surface area contributed by atoms with Crippen molar-refractivity contribution in [2.24, 2.45) is 0 Å². The summed E-state index contributed by atoms with van der Waals surface area (Å²) < 4.78 is 35.6. The molecule has 4 nitrogen and oxygen atoms in total. The normalized spacial score (nSPS) is 11.3. The summed E-state index contributed by atoms with van der Waals surface area (Å²) in [5, 5.41) is 0.297. The average molecular weight is 341 g/mol. The number of hydrogen-bond acceptors (Lipinski definition) is 4. The molecule has 2 rings (SSSR count). The largest absolute Gasteiger partial charge is 0.492 e. The number of aryl methyl sites for hydroxylation is 2. The third-order valence-corrected chi connectivity index (χ3v) is 4.50. The maximum absolute atomic E-state index is 12.5. The maximum atomic E-state index is 12.5. The molecule has 0 bridgehead atoms. The van der Waals surface area contributed by atoms with Crippen molar-refractivity contribution in [1.29, 1.82) is 0 Å². The van der Waals surface area contributed by atoms with Gasteiger partial charge in [-0.1, -0.05) is 29.3 Å².